The maximum absolute atomic E-state index is 9.73. The second-order valence-electron chi connectivity index (χ2n) is 1.88. The predicted octanol–water partition coefficient (Wildman–Crippen LogP) is 1.07. The number of hydrogen-bond acceptors (Lipinski definition) is 4. The third-order valence-corrected chi connectivity index (χ3v) is 1.13. The van der Waals surface area contributed by atoms with E-state index in [-0.39, 0.29) is 17.2 Å². The number of benzene rings is 1. The summed E-state index contributed by atoms with van der Waals surface area (Å²) in [5.41, 5.74) is 0.260. The number of isocyanates is 1. The predicted molar refractivity (Wildman–Crippen MR) is 37.6 cm³/mol. The molecule has 4 nitrogen and oxygen atoms in total. The second kappa shape index (κ2) is 2.86. The summed E-state index contributed by atoms with van der Waals surface area (Å²) in [7, 11) is 0. The lowest BCUT2D eigenvalue weighted by Crippen LogP contribution is -1.67. The minimum absolute atomic E-state index is 0.241. The second-order valence-corrected chi connectivity index (χ2v) is 1.88. The molecule has 56 valence electrons. The van der Waals surface area contributed by atoms with Crippen LogP contribution in [0.4, 0.5) is 5.69 Å². The van der Waals surface area contributed by atoms with Gasteiger partial charge in [-0.3, -0.25) is 0 Å². The van der Waals surface area contributed by atoms with Gasteiger partial charge in [0.1, 0.15) is 0 Å². The lowest BCUT2D eigenvalue weighted by atomic mass is 10.3. The van der Waals surface area contributed by atoms with E-state index in [0.29, 0.717) is 0 Å². The molecule has 0 spiro atoms. The first-order valence-corrected chi connectivity index (χ1v) is 2.84. The molecule has 0 unspecified atom stereocenters. The monoisotopic (exact) mass is 151 g/mol. The van der Waals surface area contributed by atoms with Gasteiger partial charge in [-0.05, 0) is 12.1 Å². The van der Waals surface area contributed by atoms with Crippen molar-refractivity contribution in [2.75, 3.05) is 0 Å². The van der Waals surface area contributed by atoms with Gasteiger partial charge in [-0.25, -0.2) is 4.79 Å². The van der Waals surface area contributed by atoms with Gasteiger partial charge in [0.15, 0.2) is 11.5 Å². The molecule has 1 rings (SSSR count). The highest BCUT2D eigenvalue weighted by Crippen LogP contribution is 2.28. The van der Waals surface area contributed by atoms with Crippen molar-refractivity contribution in [2.45, 2.75) is 0 Å². The van der Waals surface area contributed by atoms with Crippen LogP contribution in [-0.2, 0) is 4.79 Å². The Labute approximate surface area is 62.4 Å². The Morgan fingerprint density at radius 1 is 1.27 bits per heavy atom. The zero-order valence-electron chi connectivity index (χ0n) is 5.48. The summed E-state index contributed by atoms with van der Waals surface area (Å²) >= 11 is 0. The van der Waals surface area contributed by atoms with E-state index in [4.69, 9.17) is 10.2 Å². The fraction of sp³-hybridized carbons (Fsp3) is 0. The number of aromatic hydroxyl groups is 2. The van der Waals surface area contributed by atoms with Gasteiger partial charge in [0.25, 0.3) is 0 Å². The first-order chi connectivity index (χ1) is 5.24. The topological polar surface area (TPSA) is 69.9 Å². The van der Waals surface area contributed by atoms with Crippen molar-refractivity contribution in [1.82, 2.24) is 0 Å². The fourth-order valence-electron chi connectivity index (χ4n) is 0.634. The number of carbonyl (C=O) groups excluding carboxylic acids is 1. The van der Waals surface area contributed by atoms with Gasteiger partial charge in [0.2, 0.25) is 6.08 Å². The van der Waals surface area contributed by atoms with Crippen LogP contribution in [0.15, 0.2) is 23.2 Å². The van der Waals surface area contributed by atoms with Gasteiger partial charge >= 0.3 is 0 Å². The highest BCUT2D eigenvalue weighted by atomic mass is 16.3. The van der Waals surface area contributed by atoms with Crippen molar-refractivity contribution < 1.29 is 15.0 Å². The van der Waals surface area contributed by atoms with Crippen molar-refractivity contribution in [1.29, 1.82) is 0 Å². The first kappa shape index (κ1) is 7.31. The largest absolute Gasteiger partial charge is 0.504 e. The Bertz CT molecular complexity index is 315. The Kier molecular flexibility index (Phi) is 1.90. The van der Waals surface area contributed by atoms with E-state index in [1.54, 1.807) is 0 Å². The molecule has 0 saturated carbocycles. The van der Waals surface area contributed by atoms with Gasteiger partial charge in [0, 0.05) is 6.07 Å². The fourth-order valence-corrected chi connectivity index (χ4v) is 0.634. The maximum atomic E-state index is 9.73. The molecule has 0 amide bonds. The molecule has 0 radical (unpaired) electrons. The summed E-state index contributed by atoms with van der Waals surface area (Å²) in [6.07, 6.45) is 1.31. The van der Waals surface area contributed by atoms with Crippen molar-refractivity contribution >= 4 is 11.8 Å². The molecule has 0 bridgehead atoms. The highest BCUT2D eigenvalue weighted by Gasteiger charge is 1.97. The average molecular weight is 151 g/mol. The van der Waals surface area contributed by atoms with Gasteiger partial charge in [0.05, 0.1) is 5.69 Å². The van der Waals surface area contributed by atoms with Crippen LogP contribution in [0.2, 0.25) is 0 Å². The number of aliphatic imine (C=N–C) groups is 1. The highest BCUT2D eigenvalue weighted by molar-refractivity contribution is 5.54. The van der Waals surface area contributed by atoms with Crippen LogP contribution in [0.25, 0.3) is 0 Å². The van der Waals surface area contributed by atoms with Crippen LogP contribution in [-0.4, -0.2) is 16.3 Å². The quantitative estimate of drug-likeness (QED) is 0.358. The first-order valence-electron chi connectivity index (χ1n) is 2.84. The smallest absolute Gasteiger partial charge is 0.240 e. The van der Waals surface area contributed by atoms with Crippen LogP contribution >= 0.6 is 0 Å². The van der Waals surface area contributed by atoms with E-state index < -0.39 is 0 Å². The number of nitrogens with zero attached hydrogens (tertiary/aromatic N) is 1. The summed E-state index contributed by atoms with van der Waals surface area (Å²) in [5, 5.41) is 17.7. The maximum Gasteiger partial charge on any atom is 0.240 e. The summed E-state index contributed by atoms with van der Waals surface area (Å²) in [6.45, 7) is 0. The van der Waals surface area contributed by atoms with Gasteiger partial charge < -0.3 is 10.2 Å². The van der Waals surface area contributed by atoms with Gasteiger partial charge in [-0.15, -0.1) is 0 Å². The minimum atomic E-state index is -0.304. The molecule has 0 heterocycles. The third kappa shape index (κ3) is 1.56. The number of hydrogen-bond donors (Lipinski definition) is 2. The molecule has 11 heavy (non-hydrogen) atoms. The minimum Gasteiger partial charge on any atom is -0.504 e. The summed E-state index contributed by atoms with van der Waals surface area (Å²) in [6, 6.07) is 3.80. The van der Waals surface area contributed by atoms with E-state index in [9.17, 15) is 4.79 Å². The van der Waals surface area contributed by atoms with E-state index >= 15 is 0 Å². The van der Waals surface area contributed by atoms with E-state index in [1.807, 2.05) is 0 Å². The molecule has 0 aliphatic rings. The molecular weight excluding hydrogens is 146 g/mol. The summed E-state index contributed by atoms with van der Waals surface area (Å²) < 4.78 is 0. The van der Waals surface area contributed by atoms with Crippen molar-refractivity contribution in [3.8, 4) is 11.5 Å². The Morgan fingerprint density at radius 2 is 2.00 bits per heavy atom. The summed E-state index contributed by atoms with van der Waals surface area (Å²) in [4.78, 5) is 13.0. The Morgan fingerprint density at radius 3 is 2.55 bits per heavy atom. The molecule has 4 heteroatoms. The normalized spacial score (nSPS) is 8.73. The molecule has 0 aromatic heterocycles. The van der Waals surface area contributed by atoms with Crippen molar-refractivity contribution in [2.24, 2.45) is 4.99 Å². The number of phenolic OH excluding ortho intramolecular Hbond substituents is 2. The average Bonchev–Trinajstić information content (AvgIpc) is 1.98. The zero-order chi connectivity index (χ0) is 8.27. The third-order valence-electron chi connectivity index (χ3n) is 1.13. The van der Waals surface area contributed by atoms with Crippen LogP contribution < -0.4 is 0 Å². The molecule has 1 aromatic carbocycles. The molecule has 0 saturated heterocycles. The SMILES string of the molecule is O=C=Nc1ccc(O)c(O)c1. The van der Waals surface area contributed by atoms with E-state index in [2.05, 4.69) is 4.99 Å². The van der Waals surface area contributed by atoms with Crippen molar-refractivity contribution in [3.05, 3.63) is 18.2 Å². The Hall–Kier alpha value is -1.80. The van der Waals surface area contributed by atoms with Crippen LogP contribution in [0, 0.1) is 0 Å². The van der Waals surface area contributed by atoms with Crippen LogP contribution in [0.1, 0.15) is 0 Å². The molecule has 2 N–H and O–H groups in total. The lowest BCUT2D eigenvalue weighted by molar-refractivity contribution is 0.404. The number of phenols is 2. The molecule has 1 aromatic rings. The molecule has 0 fully saturated rings. The van der Waals surface area contributed by atoms with Gasteiger partial charge in [-0.1, -0.05) is 0 Å². The molecule has 0 atom stereocenters. The van der Waals surface area contributed by atoms with Crippen LogP contribution in [0.3, 0.4) is 0 Å². The standard InChI is InChI=1S/C7H5NO3/c9-4-8-5-1-2-6(10)7(11)3-5/h1-3,10-11H. The Balaban J connectivity index is 3.14. The summed E-state index contributed by atoms with van der Waals surface area (Å²) in [5.74, 6) is -0.545. The molecule has 0 aliphatic carbocycles. The van der Waals surface area contributed by atoms with Gasteiger partial charge in [-0.2, -0.15) is 4.99 Å². The van der Waals surface area contributed by atoms with Crippen LogP contribution in [0.5, 0.6) is 11.5 Å². The van der Waals surface area contributed by atoms with E-state index in [0.717, 1.165) is 0 Å². The number of rotatable bonds is 1. The lowest BCUT2D eigenvalue weighted by Gasteiger charge is -1.95. The molecular formula is C7H5NO3. The zero-order valence-corrected chi connectivity index (χ0v) is 5.48. The van der Waals surface area contributed by atoms with Crippen molar-refractivity contribution in [3.63, 3.8) is 0 Å². The molecule has 0 aliphatic heterocycles. The van der Waals surface area contributed by atoms with E-state index in [1.165, 1.54) is 24.3 Å².